The molecule has 0 atom stereocenters. The second-order valence-corrected chi connectivity index (χ2v) is 8.09. The molecule has 0 saturated heterocycles. The summed E-state index contributed by atoms with van der Waals surface area (Å²) in [5.74, 6) is -1.70. The van der Waals surface area contributed by atoms with Crippen LogP contribution in [-0.4, -0.2) is 48.4 Å². The molecule has 7 nitrogen and oxygen atoms in total. The number of carboxylic acid groups (broad SMARTS) is 2. The van der Waals surface area contributed by atoms with Gasteiger partial charge in [-0.25, -0.2) is 14.0 Å². The Bertz CT molecular complexity index is 1050. The maximum absolute atomic E-state index is 13.7. The fraction of sp³-hybridized carbons (Fsp3) is 0.360. The number of ether oxygens (including phenoxy) is 1. The largest absolute Gasteiger partial charge is 0.490 e. The minimum atomic E-state index is -1.26. The summed E-state index contributed by atoms with van der Waals surface area (Å²) in [6.07, 6.45) is 3.22. The van der Waals surface area contributed by atoms with Crippen molar-refractivity contribution in [1.29, 1.82) is 0 Å². The summed E-state index contributed by atoms with van der Waals surface area (Å²) < 4.78 is 19.7. The first-order valence-electron chi connectivity index (χ1n) is 10.9. The summed E-state index contributed by atoms with van der Waals surface area (Å²) in [6, 6.07) is 7.29. The first-order valence-corrected chi connectivity index (χ1v) is 10.9. The van der Waals surface area contributed by atoms with Crippen LogP contribution in [0.1, 0.15) is 27.8 Å². The van der Waals surface area contributed by atoms with E-state index in [1.807, 2.05) is 13.0 Å². The number of anilines is 1. The van der Waals surface area contributed by atoms with Crippen LogP contribution in [0.25, 0.3) is 0 Å². The molecule has 2 aliphatic rings. The number of aliphatic carboxylic acids is 2. The molecule has 0 spiro atoms. The van der Waals surface area contributed by atoms with E-state index in [-0.39, 0.29) is 5.82 Å². The van der Waals surface area contributed by atoms with Crippen LogP contribution in [0.4, 0.5) is 10.1 Å². The number of nitrogens with zero attached hydrogens (tertiary/aromatic N) is 1. The molecule has 0 bridgehead atoms. The normalized spacial score (nSPS) is 14.9. The van der Waals surface area contributed by atoms with Crippen molar-refractivity contribution in [3.05, 3.63) is 70.1 Å². The van der Waals surface area contributed by atoms with Crippen LogP contribution in [0.15, 0.2) is 36.4 Å². The molecule has 33 heavy (non-hydrogen) atoms. The Morgan fingerprint density at radius 2 is 1.82 bits per heavy atom. The van der Waals surface area contributed by atoms with Gasteiger partial charge in [0.2, 0.25) is 0 Å². The highest BCUT2D eigenvalue weighted by atomic mass is 19.1. The summed E-state index contributed by atoms with van der Waals surface area (Å²) in [5.41, 5.74) is 7.55. The fourth-order valence-electron chi connectivity index (χ4n) is 4.21. The van der Waals surface area contributed by atoms with E-state index in [0.29, 0.717) is 18.8 Å². The van der Waals surface area contributed by atoms with E-state index >= 15 is 0 Å². The molecule has 0 fully saturated rings. The zero-order valence-corrected chi connectivity index (χ0v) is 18.9. The van der Waals surface area contributed by atoms with Crippen molar-refractivity contribution >= 4 is 17.6 Å². The minimum absolute atomic E-state index is 0.168. The average molecular weight is 457 g/mol. The maximum atomic E-state index is 13.7. The molecule has 0 saturated carbocycles. The molecule has 3 N–H and O–H groups in total. The lowest BCUT2D eigenvalue weighted by Crippen LogP contribution is -2.33. The van der Waals surface area contributed by atoms with Crippen LogP contribution in [0.2, 0.25) is 0 Å². The third-order valence-corrected chi connectivity index (χ3v) is 5.83. The van der Waals surface area contributed by atoms with Gasteiger partial charge in [0.05, 0.1) is 12.2 Å². The Morgan fingerprint density at radius 1 is 1.12 bits per heavy atom. The molecule has 0 aromatic heterocycles. The van der Waals surface area contributed by atoms with Crippen LogP contribution in [0.3, 0.4) is 0 Å². The summed E-state index contributed by atoms with van der Waals surface area (Å²) in [5, 5.41) is 19.1. The molecule has 8 heteroatoms. The summed E-state index contributed by atoms with van der Waals surface area (Å²) in [6.45, 7) is 8.54. The third-order valence-electron chi connectivity index (χ3n) is 5.83. The second kappa shape index (κ2) is 11.0. The van der Waals surface area contributed by atoms with Crippen LogP contribution in [0.5, 0.6) is 5.75 Å². The van der Waals surface area contributed by atoms with Crippen molar-refractivity contribution in [3.8, 4) is 5.75 Å². The Labute approximate surface area is 192 Å². The number of carbonyl (C=O) groups is 2. The predicted octanol–water partition coefficient (Wildman–Crippen LogP) is 3.24. The molecule has 2 aromatic rings. The van der Waals surface area contributed by atoms with Gasteiger partial charge < -0.3 is 25.2 Å². The number of nitrogens with one attached hydrogen (secondary N) is 1. The Hall–Kier alpha value is -3.39. The number of benzene rings is 2. The van der Waals surface area contributed by atoms with Crippen molar-refractivity contribution in [1.82, 2.24) is 5.32 Å². The molecule has 2 aromatic carbocycles. The van der Waals surface area contributed by atoms with E-state index in [1.54, 1.807) is 6.07 Å². The Morgan fingerprint density at radius 3 is 2.52 bits per heavy atom. The van der Waals surface area contributed by atoms with Gasteiger partial charge in [-0.1, -0.05) is 6.07 Å². The van der Waals surface area contributed by atoms with Gasteiger partial charge in [-0.15, -0.1) is 0 Å². The zero-order valence-electron chi connectivity index (χ0n) is 18.9. The number of carboxylic acids is 2. The van der Waals surface area contributed by atoms with E-state index in [1.165, 1.54) is 28.4 Å². The van der Waals surface area contributed by atoms with Gasteiger partial charge in [-0.3, -0.25) is 0 Å². The Kier molecular flexibility index (Phi) is 8.06. The fourth-order valence-corrected chi connectivity index (χ4v) is 4.21. The van der Waals surface area contributed by atoms with Crippen LogP contribution < -0.4 is 15.0 Å². The lowest BCUT2D eigenvalue weighted by Gasteiger charge is -2.34. The third kappa shape index (κ3) is 6.32. The average Bonchev–Trinajstić information content (AvgIpc) is 3.01. The summed E-state index contributed by atoms with van der Waals surface area (Å²) in [4.78, 5) is 21.5. The number of halogens is 1. The molecule has 2 heterocycles. The smallest absolute Gasteiger partial charge is 0.328 e. The minimum Gasteiger partial charge on any atom is -0.490 e. The first kappa shape index (κ1) is 24.3. The van der Waals surface area contributed by atoms with Gasteiger partial charge in [-0.05, 0) is 85.8 Å². The van der Waals surface area contributed by atoms with E-state index in [4.69, 9.17) is 14.9 Å². The molecule has 0 radical (unpaired) electrons. The number of fused-ring (bicyclic) bond motifs is 2. The molecular formula is C25H29FN2O5. The van der Waals surface area contributed by atoms with Crippen molar-refractivity contribution < 1.29 is 28.9 Å². The molecule has 0 unspecified atom stereocenters. The summed E-state index contributed by atoms with van der Waals surface area (Å²) >= 11 is 0. The van der Waals surface area contributed by atoms with Gasteiger partial charge >= 0.3 is 11.9 Å². The highest BCUT2D eigenvalue weighted by Gasteiger charge is 2.25. The number of hydrogen-bond acceptors (Lipinski definition) is 5. The lowest BCUT2D eigenvalue weighted by atomic mass is 9.94. The van der Waals surface area contributed by atoms with Gasteiger partial charge in [0.15, 0.2) is 0 Å². The molecular weight excluding hydrogens is 427 g/mol. The highest BCUT2D eigenvalue weighted by Crippen LogP contribution is 2.40. The number of rotatable bonds is 4. The quantitative estimate of drug-likeness (QED) is 0.608. The van der Waals surface area contributed by atoms with Crippen molar-refractivity contribution in [2.75, 3.05) is 31.1 Å². The number of hydrogen-bond donors (Lipinski definition) is 3. The molecule has 176 valence electrons. The predicted molar refractivity (Wildman–Crippen MR) is 124 cm³/mol. The molecule has 0 amide bonds. The van der Waals surface area contributed by atoms with E-state index in [2.05, 4.69) is 23.2 Å². The first-order chi connectivity index (χ1) is 15.8. The van der Waals surface area contributed by atoms with E-state index < -0.39 is 11.9 Å². The maximum Gasteiger partial charge on any atom is 0.328 e. The van der Waals surface area contributed by atoms with E-state index in [9.17, 15) is 14.0 Å². The van der Waals surface area contributed by atoms with Crippen molar-refractivity contribution in [3.63, 3.8) is 0 Å². The van der Waals surface area contributed by atoms with Gasteiger partial charge in [-0.2, -0.15) is 0 Å². The zero-order chi connectivity index (χ0) is 24.0. The standard InChI is InChI=1S/C21H25FN2O.C4H4O4/c1-14-3-4-18(22)11-17(14)13-24-9-10-25-20-12-16-5-7-23-8-6-19(16)15(2)21(20)24;5-3(6)1-2-4(7)8/h3-4,11-12,23H,5-10,13H2,1-2H3;1-2H,(H,5,6)(H,7,8)/b;2-1+. The molecule has 0 aliphatic carbocycles. The second-order valence-electron chi connectivity index (χ2n) is 8.09. The topological polar surface area (TPSA) is 99.1 Å². The van der Waals surface area contributed by atoms with Gasteiger partial charge in [0, 0.05) is 18.7 Å². The van der Waals surface area contributed by atoms with Crippen molar-refractivity contribution in [2.45, 2.75) is 33.2 Å². The molecule has 4 rings (SSSR count). The van der Waals surface area contributed by atoms with E-state index in [0.717, 1.165) is 55.9 Å². The summed E-state index contributed by atoms with van der Waals surface area (Å²) in [7, 11) is 0. The number of aryl methyl sites for hydroxylation is 1. The van der Waals surface area contributed by atoms with Crippen molar-refractivity contribution in [2.24, 2.45) is 0 Å². The van der Waals surface area contributed by atoms with Gasteiger partial charge in [0.1, 0.15) is 18.2 Å². The Balaban J connectivity index is 0.000000331. The van der Waals surface area contributed by atoms with Crippen LogP contribution in [-0.2, 0) is 29.0 Å². The monoisotopic (exact) mass is 456 g/mol. The highest BCUT2D eigenvalue weighted by molar-refractivity contribution is 5.89. The van der Waals surface area contributed by atoms with Crippen LogP contribution in [0, 0.1) is 19.7 Å². The SMILES string of the molecule is Cc1ccc(F)cc1CN1CCOc2cc3c(c(C)c21)CCNCC3.O=C(O)/C=C/C(=O)O. The van der Waals surface area contributed by atoms with Crippen LogP contribution >= 0.6 is 0 Å². The molecule has 2 aliphatic heterocycles. The van der Waals surface area contributed by atoms with Gasteiger partial charge in [0.25, 0.3) is 0 Å². The lowest BCUT2D eigenvalue weighted by molar-refractivity contribution is -0.134.